The Labute approximate surface area is 111 Å². The Morgan fingerprint density at radius 3 is 2.42 bits per heavy atom. The molecule has 3 heteroatoms. The molecule has 0 N–H and O–H groups in total. The number of aryl methyl sites for hydroxylation is 1. The van der Waals surface area contributed by atoms with Gasteiger partial charge in [-0.2, -0.15) is 0 Å². The van der Waals surface area contributed by atoms with Crippen LogP contribution in [0.5, 0.6) is 0 Å². The molecule has 0 fully saturated rings. The van der Waals surface area contributed by atoms with E-state index in [1.165, 1.54) is 0 Å². The van der Waals surface area contributed by atoms with Gasteiger partial charge in [0.25, 0.3) is 0 Å². The standard InChI is InChI=1S/C14H10O3.C2H6/c1-9-8-16-12-7-11(17-14(15)13(9)12)10-5-3-2-4-6-10;1-2/h2-8H,1H3;1-2H3. The molecule has 0 aliphatic carbocycles. The van der Waals surface area contributed by atoms with Crippen LogP contribution in [0.1, 0.15) is 19.4 Å². The Morgan fingerprint density at radius 2 is 1.74 bits per heavy atom. The molecular formula is C16H16O3. The first-order valence-electron chi connectivity index (χ1n) is 6.33. The smallest absolute Gasteiger partial charge is 0.347 e. The van der Waals surface area contributed by atoms with Gasteiger partial charge in [0.05, 0.1) is 6.26 Å². The Morgan fingerprint density at radius 1 is 1.05 bits per heavy atom. The second-order valence-corrected chi connectivity index (χ2v) is 3.92. The first-order chi connectivity index (χ1) is 9.25. The molecule has 0 saturated heterocycles. The van der Waals surface area contributed by atoms with Crippen LogP contribution in [-0.4, -0.2) is 0 Å². The summed E-state index contributed by atoms with van der Waals surface area (Å²) in [5, 5.41) is 0.518. The van der Waals surface area contributed by atoms with Crippen LogP contribution in [0, 0.1) is 6.92 Å². The molecule has 2 aromatic heterocycles. The summed E-state index contributed by atoms with van der Waals surface area (Å²) < 4.78 is 10.6. The fourth-order valence-corrected chi connectivity index (χ4v) is 1.88. The van der Waals surface area contributed by atoms with Gasteiger partial charge in [0.2, 0.25) is 0 Å². The minimum Gasteiger partial charge on any atom is -0.464 e. The SMILES string of the molecule is CC.Cc1coc2cc(-c3ccccc3)oc(=O)c12. The van der Waals surface area contributed by atoms with Crippen molar-refractivity contribution in [1.82, 2.24) is 0 Å². The molecule has 0 amide bonds. The first-order valence-corrected chi connectivity index (χ1v) is 6.33. The van der Waals surface area contributed by atoms with Crippen LogP contribution in [-0.2, 0) is 0 Å². The minimum absolute atomic E-state index is 0.354. The number of rotatable bonds is 1. The summed E-state index contributed by atoms with van der Waals surface area (Å²) in [6.45, 7) is 5.82. The zero-order valence-electron chi connectivity index (χ0n) is 11.3. The molecule has 3 aromatic rings. The summed E-state index contributed by atoms with van der Waals surface area (Å²) in [5.41, 5.74) is 1.87. The molecule has 0 saturated carbocycles. The van der Waals surface area contributed by atoms with Crippen LogP contribution in [0.4, 0.5) is 0 Å². The normalized spacial score (nSPS) is 10.1. The Hall–Kier alpha value is -2.29. The van der Waals surface area contributed by atoms with Gasteiger partial charge in [0.1, 0.15) is 16.7 Å². The van der Waals surface area contributed by atoms with Crippen LogP contribution in [0.25, 0.3) is 22.3 Å². The number of fused-ring (bicyclic) bond motifs is 1. The van der Waals surface area contributed by atoms with Crippen LogP contribution >= 0.6 is 0 Å². The predicted molar refractivity (Wildman–Crippen MR) is 76.3 cm³/mol. The highest BCUT2D eigenvalue weighted by Crippen LogP contribution is 2.24. The average Bonchev–Trinajstić information content (AvgIpc) is 2.84. The number of hydrogen-bond acceptors (Lipinski definition) is 3. The Bertz CT molecular complexity index is 721. The van der Waals surface area contributed by atoms with E-state index in [-0.39, 0.29) is 5.63 Å². The second-order valence-electron chi connectivity index (χ2n) is 3.92. The van der Waals surface area contributed by atoms with Gasteiger partial charge in [-0.15, -0.1) is 0 Å². The van der Waals surface area contributed by atoms with E-state index in [1.807, 2.05) is 51.1 Å². The monoisotopic (exact) mass is 256 g/mol. The van der Waals surface area contributed by atoms with Gasteiger partial charge in [0, 0.05) is 17.2 Å². The van der Waals surface area contributed by atoms with Crippen molar-refractivity contribution in [2.75, 3.05) is 0 Å². The highest BCUT2D eigenvalue weighted by atomic mass is 16.4. The van der Waals surface area contributed by atoms with Crippen LogP contribution in [0.2, 0.25) is 0 Å². The Balaban J connectivity index is 0.000000637. The zero-order valence-corrected chi connectivity index (χ0v) is 11.3. The largest absolute Gasteiger partial charge is 0.464 e. The quantitative estimate of drug-likeness (QED) is 0.648. The van der Waals surface area contributed by atoms with Gasteiger partial charge < -0.3 is 8.83 Å². The molecule has 0 aliphatic heterocycles. The fourth-order valence-electron chi connectivity index (χ4n) is 1.88. The van der Waals surface area contributed by atoms with Crippen molar-refractivity contribution in [2.24, 2.45) is 0 Å². The van der Waals surface area contributed by atoms with E-state index in [0.717, 1.165) is 11.1 Å². The van der Waals surface area contributed by atoms with Gasteiger partial charge in [0.15, 0.2) is 0 Å². The minimum atomic E-state index is -0.354. The van der Waals surface area contributed by atoms with Crippen LogP contribution in [0.15, 0.2) is 56.3 Å². The summed E-state index contributed by atoms with van der Waals surface area (Å²) in [7, 11) is 0. The molecule has 0 aliphatic rings. The molecule has 3 rings (SSSR count). The van der Waals surface area contributed by atoms with Crippen molar-refractivity contribution < 1.29 is 8.83 Å². The topological polar surface area (TPSA) is 43.4 Å². The number of furan rings is 1. The highest BCUT2D eigenvalue weighted by molar-refractivity contribution is 5.82. The summed E-state index contributed by atoms with van der Waals surface area (Å²) >= 11 is 0. The molecule has 98 valence electrons. The lowest BCUT2D eigenvalue weighted by molar-refractivity contribution is 0.530. The molecule has 0 spiro atoms. The molecular weight excluding hydrogens is 240 g/mol. The van der Waals surface area contributed by atoms with Crippen molar-refractivity contribution in [3.63, 3.8) is 0 Å². The third kappa shape index (κ3) is 2.45. The van der Waals surface area contributed by atoms with Crippen molar-refractivity contribution in [2.45, 2.75) is 20.8 Å². The molecule has 1 aromatic carbocycles. The van der Waals surface area contributed by atoms with Crippen molar-refractivity contribution in [3.8, 4) is 11.3 Å². The lowest BCUT2D eigenvalue weighted by Crippen LogP contribution is -1.99. The second kappa shape index (κ2) is 5.57. The first kappa shape index (κ1) is 13.1. The zero-order chi connectivity index (χ0) is 13.8. The molecule has 2 heterocycles. The lowest BCUT2D eigenvalue weighted by Gasteiger charge is -1.99. The van der Waals surface area contributed by atoms with E-state index in [4.69, 9.17) is 8.83 Å². The van der Waals surface area contributed by atoms with Crippen molar-refractivity contribution in [1.29, 1.82) is 0 Å². The molecule has 0 atom stereocenters. The van der Waals surface area contributed by atoms with E-state index in [9.17, 15) is 4.79 Å². The van der Waals surface area contributed by atoms with Crippen molar-refractivity contribution >= 4 is 11.0 Å². The molecule has 0 radical (unpaired) electrons. The van der Waals surface area contributed by atoms with Crippen LogP contribution in [0.3, 0.4) is 0 Å². The van der Waals surface area contributed by atoms with Crippen LogP contribution < -0.4 is 5.63 Å². The predicted octanol–water partition coefficient (Wildman–Crippen LogP) is 4.39. The van der Waals surface area contributed by atoms with Crippen molar-refractivity contribution in [3.05, 3.63) is 58.6 Å². The molecule has 19 heavy (non-hydrogen) atoms. The Kier molecular flexibility index (Phi) is 3.85. The molecule has 3 nitrogen and oxygen atoms in total. The summed E-state index contributed by atoms with van der Waals surface area (Å²) in [6, 6.07) is 11.2. The molecule has 0 bridgehead atoms. The third-order valence-corrected chi connectivity index (χ3v) is 2.73. The number of benzene rings is 1. The van der Waals surface area contributed by atoms with E-state index >= 15 is 0 Å². The maximum atomic E-state index is 11.8. The van der Waals surface area contributed by atoms with Gasteiger partial charge in [-0.05, 0) is 6.92 Å². The third-order valence-electron chi connectivity index (χ3n) is 2.73. The van der Waals surface area contributed by atoms with E-state index in [0.29, 0.717) is 16.7 Å². The maximum Gasteiger partial charge on any atom is 0.347 e. The van der Waals surface area contributed by atoms with E-state index in [1.54, 1.807) is 12.3 Å². The fraction of sp³-hybridized carbons (Fsp3) is 0.188. The van der Waals surface area contributed by atoms with Gasteiger partial charge >= 0.3 is 5.63 Å². The average molecular weight is 256 g/mol. The van der Waals surface area contributed by atoms with Gasteiger partial charge in [-0.25, -0.2) is 4.79 Å². The van der Waals surface area contributed by atoms with Gasteiger partial charge in [-0.3, -0.25) is 0 Å². The maximum absolute atomic E-state index is 11.8. The number of hydrogen-bond donors (Lipinski definition) is 0. The highest BCUT2D eigenvalue weighted by Gasteiger charge is 2.11. The summed E-state index contributed by atoms with van der Waals surface area (Å²) in [4.78, 5) is 11.8. The van der Waals surface area contributed by atoms with E-state index < -0.39 is 0 Å². The lowest BCUT2D eigenvalue weighted by atomic mass is 10.1. The summed E-state index contributed by atoms with van der Waals surface area (Å²) in [5.74, 6) is 0.525. The van der Waals surface area contributed by atoms with Gasteiger partial charge in [-0.1, -0.05) is 44.2 Å². The van der Waals surface area contributed by atoms with E-state index in [2.05, 4.69) is 0 Å². The molecule has 0 unspecified atom stereocenters. The summed E-state index contributed by atoms with van der Waals surface area (Å²) in [6.07, 6.45) is 1.57.